The molecule has 7 nitrogen and oxygen atoms in total. The van der Waals surface area contributed by atoms with E-state index in [0.29, 0.717) is 39.3 Å². The number of fused-ring (bicyclic) bond motifs is 5. The SMILES string of the molecule is COc1ccc([C@@H]2[C@@H](C(=O)c3ccccc3)N3c4c(cccc4OC(C)=O)C=C[C@H]3C23C(=O)c2ccccc2C3=O)cc1. The Morgan fingerprint density at radius 3 is 2.07 bits per heavy atom. The average molecular weight is 570 g/mol. The highest BCUT2D eigenvalue weighted by molar-refractivity contribution is 6.32. The summed E-state index contributed by atoms with van der Waals surface area (Å²) in [5, 5.41) is 0. The van der Waals surface area contributed by atoms with Crippen molar-refractivity contribution in [1.29, 1.82) is 0 Å². The second-order valence-electron chi connectivity index (χ2n) is 11.0. The van der Waals surface area contributed by atoms with Crippen molar-refractivity contribution in [2.45, 2.75) is 24.9 Å². The van der Waals surface area contributed by atoms with Gasteiger partial charge in [0.2, 0.25) is 0 Å². The van der Waals surface area contributed by atoms with Crippen LogP contribution in [0.4, 0.5) is 5.69 Å². The molecule has 43 heavy (non-hydrogen) atoms. The number of ether oxygens (including phenoxy) is 2. The molecule has 212 valence electrons. The van der Waals surface area contributed by atoms with Crippen LogP contribution in [0.25, 0.3) is 6.08 Å². The van der Waals surface area contributed by atoms with Gasteiger partial charge in [0.25, 0.3) is 0 Å². The van der Waals surface area contributed by atoms with Crippen LogP contribution in [0.3, 0.4) is 0 Å². The number of ketones is 3. The normalized spacial score (nSPS) is 20.9. The fourth-order valence-electron chi connectivity index (χ4n) is 7.18. The van der Waals surface area contributed by atoms with Gasteiger partial charge in [-0.15, -0.1) is 0 Å². The molecule has 1 aliphatic carbocycles. The molecular weight excluding hydrogens is 542 g/mol. The summed E-state index contributed by atoms with van der Waals surface area (Å²) in [6.07, 6.45) is 3.69. The number of carbonyl (C=O) groups excluding carboxylic acids is 4. The first-order valence-electron chi connectivity index (χ1n) is 14.1. The largest absolute Gasteiger partial charge is 0.497 e. The molecule has 1 saturated heterocycles. The van der Waals surface area contributed by atoms with Crippen molar-refractivity contribution in [3.63, 3.8) is 0 Å². The highest BCUT2D eigenvalue weighted by atomic mass is 16.5. The van der Waals surface area contributed by atoms with E-state index < -0.39 is 29.4 Å². The Morgan fingerprint density at radius 2 is 1.44 bits per heavy atom. The summed E-state index contributed by atoms with van der Waals surface area (Å²) in [4.78, 5) is 58.4. The van der Waals surface area contributed by atoms with Crippen molar-refractivity contribution >= 4 is 35.1 Å². The summed E-state index contributed by atoms with van der Waals surface area (Å²) >= 11 is 0. The summed E-state index contributed by atoms with van der Waals surface area (Å²) in [7, 11) is 1.56. The second-order valence-corrected chi connectivity index (χ2v) is 11.0. The van der Waals surface area contributed by atoms with Crippen LogP contribution >= 0.6 is 0 Å². The third kappa shape index (κ3) is 3.74. The molecule has 0 radical (unpaired) electrons. The first kappa shape index (κ1) is 26.6. The van der Waals surface area contributed by atoms with E-state index in [1.807, 2.05) is 41.3 Å². The van der Waals surface area contributed by atoms with E-state index in [0.717, 1.165) is 0 Å². The standard InChI is InChI=1S/C36H27NO6/c1-21(38)43-28-14-8-11-23-17-20-29-36(34(40)26-12-6-7-13-27(26)35(36)41)30(22-15-18-25(42-2)19-16-22)32(37(29)31(23)28)33(39)24-9-4-3-5-10-24/h3-20,29-30,32H,1-2H3/t29-,30+,32-/m0/s1. The highest BCUT2D eigenvalue weighted by Gasteiger charge is 2.71. The number of anilines is 1. The van der Waals surface area contributed by atoms with Crippen LogP contribution in [0.1, 0.15) is 55.0 Å². The minimum Gasteiger partial charge on any atom is -0.497 e. The van der Waals surface area contributed by atoms with Crippen LogP contribution in [-0.2, 0) is 4.79 Å². The van der Waals surface area contributed by atoms with Gasteiger partial charge in [-0.3, -0.25) is 19.2 Å². The number of carbonyl (C=O) groups is 4. The van der Waals surface area contributed by atoms with E-state index >= 15 is 0 Å². The molecule has 1 fully saturated rings. The van der Waals surface area contributed by atoms with E-state index in [2.05, 4.69) is 0 Å². The van der Waals surface area contributed by atoms with Gasteiger partial charge in [-0.2, -0.15) is 0 Å². The molecule has 0 saturated carbocycles. The Hall–Kier alpha value is -5.30. The molecule has 2 aliphatic heterocycles. The summed E-state index contributed by atoms with van der Waals surface area (Å²) in [6, 6.07) is 26.4. The summed E-state index contributed by atoms with van der Waals surface area (Å²) < 4.78 is 11.1. The summed E-state index contributed by atoms with van der Waals surface area (Å²) in [6.45, 7) is 1.31. The molecule has 3 aliphatic rings. The zero-order chi connectivity index (χ0) is 29.9. The predicted molar refractivity (Wildman–Crippen MR) is 161 cm³/mol. The number of hydrogen-bond donors (Lipinski definition) is 0. The molecule has 0 N–H and O–H groups in total. The van der Waals surface area contributed by atoms with Gasteiger partial charge < -0.3 is 14.4 Å². The average Bonchev–Trinajstić information content (AvgIpc) is 3.47. The van der Waals surface area contributed by atoms with E-state index in [1.54, 1.807) is 79.9 Å². The minimum absolute atomic E-state index is 0.251. The predicted octanol–water partition coefficient (Wildman–Crippen LogP) is 5.94. The maximum atomic E-state index is 14.8. The molecule has 0 aromatic heterocycles. The first-order chi connectivity index (χ1) is 20.9. The zero-order valence-electron chi connectivity index (χ0n) is 23.5. The quantitative estimate of drug-likeness (QED) is 0.127. The lowest BCUT2D eigenvalue weighted by molar-refractivity contribution is -0.131. The third-order valence-electron chi connectivity index (χ3n) is 8.84. The topological polar surface area (TPSA) is 90.0 Å². The molecule has 1 spiro atoms. The van der Waals surface area contributed by atoms with Gasteiger partial charge >= 0.3 is 5.97 Å². The fourth-order valence-corrected chi connectivity index (χ4v) is 7.18. The summed E-state index contributed by atoms with van der Waals surface area (Å²) in [5.41, 5.74) is 1.31. The van der Waals surface area contributed by atoms with Gasteiger partial charge in [0.1, 0.15) is 17.2 Å². The van der Waals surface area contributed by atoms with Gasteiger partial charge in [0, 0.05) is 35.1 Å². The number of para-hydroxylation sites is 1. The van der Waals surface area contributed by atoms with E-state index in [-0.39, 0.29) is 23.1 Å². The number of nitrogens with zero attached hydrogens (tertiary/aromatic N) is 1. The molecule has 4 aromatic rings. The zero-order valence-corrected chi connectivity index (χ0v) is 23.5. The van der Waals surface area contributed by atoms with Crippen molar-refractivity contribution in [1.82, 2.24) is 0 Å². The third-order valence-corrected chi connectivity index (χ3v) is 8.84. The molecule has 3 atom stereocenters. The van der Waals surface area contributed by atoms with Crippen molar-refractivity contribution < 1.29 is 28.7 Å². The van der Waals surface area contributed by atoms with Gasteiger partial charge in [-0.25, -0.2) is 0 Å². The van der Waals surface area contributed by atoms with Crippen LogP contribution in [0.2, 0.25) is 0 Å². The summed E-state index contributed by atoms with van der Waals surface area (Å²) in [5.74, 6) is -1.45. The maximum absolute atomic E-state index is 14.8. The fraction of sp³-hybridized carbons (Fsp3) is 0.167. The van der Waals surface area contributed by atoms with Crippen LogP contribution in [0.15, 0.2) is 103 Å². The molecule has 2 heterocycles. The highest BCUT2D eigenvalue weighted by Crippen LogP contribution is 2.62. The Morgan fingerprint density at radius 1 is 0.791 bits per heavy atom. The van der Waals surface area contributed by atoms with Crippen LogP contribution < -0.4 is 14.4 Å². The van der Waals surface area contributed by atoms with Crippen LogP contribution in [0, 0.1) is 5.41 Å². The molecule has 0 unspecified atom stereocenters. The van der Waals surface area contributed by atoms with E-state index in [1.165, 1.54) is 6.92 Å². The lowest BCUT2D eigenvalue weighted by Gasteiger charge is -2.37. The lowest BCUT2D eigenvalue weighted by Crippen LogP contribution is -2.48. The lowest BCUT2D eigenvalue weighted by atomic mass is 9.64. The second kappa shape index (κ2) is 9.91. The number of methoxy groups -OCH3 is 1. The van der Waals surface area contributed by atoms with Crippen molar-refractivity contribution in [2.24, 2.45) is 5.41 Å². The number of Topliss-reactive ketones (excluding diaryl/α,β-unsaturated/α-hetero) is 3. The molecule has 4 aromatic carbocycles. The first-order valence-corrected chi connectivity index (χ1v) is 14.1. The molecule has 7 heteroatoms. The molecule has 0 bridgehead atoms. The van der Waals surface area contributed by atoms with Crippen molar-refractivity contribution in [3.8, 4) is 11.5 Å². The van der Waals surface area contributed by atoms with E-state index in [4.69, 9.17) is 9.47 Å². The van der Waals surface area contributed by atoms with E-state index in [9.17, 15) is 19.2 Å². The van der Waals surface area contributed by atoms with Gasteiger partial charge in [-0.1, -0.05) is 91.0 Å². The van der Waals surface area contributed by atoms with Gasteiger partial charge in [0.15, 0.2) is 23.1 Å². The van der Waals surface area contributed by atoms with Crippen LogP contribution in [0.5, 0.6) is 11.5 Å². The Bertz CT molecular complexity index is 1810. The van der Waals surface area contributed by atoms with Gasteiger partial charge in [-0.05, 0) is 23.8 Å². The van der Waals surface area contributed by atoms with Crippen molar-refractivity contribution in [3.05, 3.63) is 131 Å². The molecule has 7 rings (SSSR count). The number of benzene rings is 4. The number of hydrogen-bond acceptors (Lipinski definition) is 7. The Balaban J connectivity index is 1.56. The minimum atomic E-state index is -1.66. The maximum Gasteiger partial charge on any atom is 0.308 e. The Labute approximate surface area is 248 Å². The molecule has 0 amide bonds. The smallest absolute Gasteiger partial charge is 0.308 e. The molecular formula is C36H27NO6. The van der Waals surface area contributed by atoms with Gasteiger partial charge in [0.05, 0.1) is 18.8 Å². The monoisotopic (exact) mass is 569 g/mol. The number of rotatable bonds is 5. The van der Waals surface area contributed by atoms with Crippen LogP contribution in [-0.4, -0.2) is 42.5 Å². The number of esters is 1. The van der Waals surface area contributed by atoms with Crippen molar-refractivity contribution in [2.75, 3.05) is 12.0 Å². The Kier molecular flexibility index (Phi) is 6.13.